The highest BCUT2D eigenvalue weighted by Gasteiger charge is 2.17. The molecule has 2 N–H and O–H groups in total. The van der Waals surface area contributed by atoms with Crippen LogP contribution >= 0.6 is 0 Å². The van der Waals surface area contributed by atoms with Crippen molar-refractivity contribution >= 4 is 49.1 Å². The van der Waals surface area contributed by atoms with Crippen LogP contribution in [0.2, 0.25) is 0 Å². The van der Waals surface area contributed by atoms with E-state index in [9.17, 15) is 0 Å². The minimum atomic E-state index is 0.691. The van der Waals surface area contributed by atoms with E-state index in [2.05, 4.69) is 167 Å². The Bertz CT molecular complexity index is 2640. The molecule has 0 radical (unpaired) electrons. The van der Waals surface area contributed by atoms with Gasteiger partial charge < -0.3 is 10.3 Å². The number of pyridine rings is 2. The van der Waals surface area contributed by atoms with E-state index in [1.807, 2.05) is 18.5 Å². The van der Waals surface area contributed by atoms with Crippen LogP contribution in [0.1, 0.15) is 11.3 Å². The van der Waals surface area contributed by atoms with E-state index >= 15 is 0 Å². The third-order valence-corrected chi connectivity index (χ3v) is 9.80. The topological polar surface area (TPSA) is 56.7 Å². The molecule has 242 valence electrons. The Hall–Kier alpha value is -6.78. The average molecular weight is 655 g/mol. The molecular weight excluding hydrogens is 621 g/mol. The van der Waals surface area contributed by atoms with Gasteiger partial charge in [-0.3, -0.25) is 9.97 Å². The van der Waals surface area contributed by atoms with Gasteiger partial charge in [-0.1, -0.05) is 127 Å². The maximum absolute atomic E-state index is 6.36. The van der Waals surface area contributed by atoms with Gasteiger partial charge in [-0.15, -0.1) is 0 Å². The lowest BCUT2D eigenvalue weighted by atomic mass is 9.86. The summed E-state index contributed by atoms with van der Waals surface area (Å²) in [6, 6.07) is 53.4. The molecule has 4 heteroatoms. The zero-order chi connectivity index (χ0) is 34.1. The summed E-state index contributed by atoms with van der Waals surface area (Å²) in [5.41, 5.74) is 18.5. The van der Waals surface area contributed by atoms with E-state index in [1.165, 1.54) is 32.7 Å². The van der Waals surface area contributed by atoms with Gasteiger partial charge in [0, 0.05) is 47.3 Å². The highest BCUT2D eigenvalue weighted by molar-refractivity contribution is 6.19. The van der Waals surface area contributed by atoms with Crippen LogP contribution in [0.5, 0.6) is 0 Å². The molecule has 0 aliphatic carbocycles. The normalized spacial score (nSPS) is 12.1. The number of para-hydroxylation sites is 1. The average Bonchev–Trinajstić information content (AvgIpc) is 3.54. The van der Waals surface area contributed by atoms with Gasteiger partial charge in [0.2, 0.25) is 0 Å². The molecule has 4 nitrogen and oxygen atoms in total. The Balaban J connectivity index is 0.986. The van der Waals surface area contributed by atoms with Gasteiger partial charge in [-0.05, 0) is 85.8 Å². The molecule has 9 aromatic rings. The van der Waals surface area contributed by atoms with Crippen LogP contribution < -0.4 is 5.73 Å². The molecule has 6 aromatic carbocycles. The zero-order valence-corrected chi connectivity index (χ0v) is 27.9. The van der Waals surface area contributed by atoms with E-state index in [-0.39, 0.29) is 0 Å². The molecule has 0 amide bonds. The van der Waals surface area contributed by atoms with E-state index < -0.39 is 0 Å². The number of hydrogen-bond acceptors (Lipinski definition) is 3. The smallest absolute Gasteiger partial charge is 0.0963 e. The van der Waals surface area contributed by atoms with Crippen LogP contribution in [0.4, 0.5) is 0 Å². The number of aromatic nitrogens is 3. The third kappa shape index (κ3) is 5.34. The maximum Gasteiger partial charge on any atom is 0.0963 e. The molecule has 0 unspecified atom stereocenters. The maximum atomic E-state index is 6.36. The fraction of sp³-hybridized carbons (Fsp3) is 0.0213. The SMILES string of the molecule is N/C=C(\C=C/Cc1ccc(-c2ccc(-n3c4ccccc4c4ncccc43)cc2)cn1)c1c2ccccc2c(-c2ccccc2)c2ccccc12. The second-order valence-electron chi connectivity index (χ2n) is 12.7. The first-order valence-electron chi connectivity index (χ1n) is 17.3. The summed E-state index contributed by atoms with van der Waals surface area (Å²) in [5.74, 6) is 0. The highest BCUT2D eigenvalue weighted by atomic mass is 15.0. The number of nitrogens with zero attached hydrogens (tertiary/aromatic N) is 3. The summed E-state index contributed by atoms with van der Waals surface area (Å²) in [6.45, 7) is 0. The molecule has 51 heavy (non-hydrogen) atoms. The number of benzene rings is 6. The van der Waals surface area contributed by atoms with Crippen molar-refractivity contribution in [1.82, 2.24) is 14.5 Å². The summed E-state index contributed by atoms with van der Waals surface area (Å²) in [6.07, 6.45) is 10.5. The van der Waals surface area contributed by atoms with Crippen molar-refractivity contribution < 1.29 is 0 Å². The Morgan fingerprint density at radius 1 is 0.549 bits per heavy atom. The largest absolute Gasteiger partial charge is 0.404 e. The van der Waals surface area contributed by atoms with Gasteiger partial charge in [-0.2, -0.15) is 0 Å². The van der Waals surface area contributed by atoms with E-state index in [1.54, 1.807) is 6.20 Å². The summed E-state index contributed by atoms with van der Waals surface area (Å²) < 4.78 is 2.28. The summed E-state index contributed by atoms with van der Waals surface area (Å²) >= 11 is 0. The summed E-state index contributed by atoms with van der Waals surface area (Å²) in [7, 11) is 0. The Kier molecular flexibility index (Phi) is 7.67. The lowest BCUT2D eigenvalue weighted by Gasteiger charge is -2.18. The third-order valence-electron chi connectivity index (χ3n) is 9.80. The fourth-order valence-electron chi connectivity index (χ4n) is 7.46. The van der Waals surface area contributed by atoms with Gasteiger partial charge >= 0.3 is 0 Å². The standard InChI is InChI=1S/C47H34N4/c48-30-34(46-40-18-6-4-16-38(40)45(33-12-2-1-3-13-33)39-17-5-7-19-41(39)46)14-10-15-36-26-23-35(31-50-36)32-24-27-37(28-25-32)51-43-21-9-8-20-42(43)47-44(51)22-11-29-49-47/h1-14,16-31H,15,48H2/b14-10-,34-30+. The van der Waals surface area contributed by atoms with Crippen molar-refractivity contribution in [1.29, 1.82) is 0 Å². The van der Waals surface area contributed by atoms with E-state index in [0.717, 1.165) is 55.6 Å². The van der Waals surface area contributed by atoms with Crippen LogP contribution in [0.3, 0.4) is 0 Å². The molecule has 0 saturated heterocycles. The van der Waals surface area contributed by atoms with Gasteiger partial charge in [0.25, 0.3) is 0 Å². The van der Waals surface area contributed by atoms with Crippen molar-refractivity contribution in [3.05, 3.63) is 194 Å². The predicted molar refractivity (Wildman–Crippen MR) is 214 cm³/mol. The number of rotatable bonds is 7. The minimum Gasteiger partial charge on any atom is -0.404 e. The highest BCUT2D eigenvalue weighted by Crippen LogP contribution is 2.42. The zero-order valence-electron chi connectivity index (χ0n) is 27.9. The second kappa shape index (κ2) is 12.9. The lowest BCUT2D eigenvalue weighted by molar-refractivity contribution is 1.11. The van der Waals surface area contributed by atoms with E-state index in [0.29, 0.717) is 6.42 Å². The molecule has 0 aliphatic rings. The van der Waals surface area contributed by atoms with Crippen molar-refractivity contribution in [2.45, 2.75) is 6.42 Å². The monoisotopic (exact) mass is 654 g/mol. The minimum absolute atomic E-state index is 0.691. The van der Waals surface area contributed by atoms with Crippen LogP contribution in [-0.2, 0) is 6.42 Å². The first-order valence-corrected chi connectivity index (χ1v) is 17.3. The van der Waals surface area contributed by atoms with Crippen LogP contribution in [-0.4, -0.2) is 14.5 Å². The molecule has 9 rings (SSSR count). The van der Waals surface area contributed by atoms with Crippen molar-refractivity contribution in [2.24, 2.45) is 5.73 Å². The van der Waals surface area contributed by atoms with E-state index in [4.69, 9.17) is 10.7 Å². The predicted octanol–water partition coefficient (Wildman–Crippen LogP) is 11.3. The first-order chi connectivity index (χ1) is 25.3. The van der Waals surface area contributed by atoms with Crippen LogP contribution in [0.15, 0.2) is 182 Å². The molecule has 3 aromatic heterocycles. The number of allylic oxidation sites excluding steroid dienone is 3. The van der Waals surface area contributed by atoms with Crippen LogP contribution in [0.25, 0.3) is 77.0 Å². The molecule has 0 bridgehead atoms. The van der Waals surface area contributed by atoms with Gasteiger partial charge in [-0.25, -0.2) is 0 Å². The van der Waals surface area contributed by atoms with Crippen LogP contribution in [0, 0.1) is 0 Å². The summed E-state index contributed by atoms with van der Waals surface area (Å²) in [5, 5.41) is 5.94. The Morgan fingerprint density at radius 3 is 1.86 bits per heavy atom. The first kappa shape index (κ1) is 30.3. The Labute approximate surface area is 296 Å². The molecule has 0 fully saturated rings. The number of fused-ring (bicyclic) bond motifs is 5. The van der Waals surface area contributed by atoms with Crippen molar-refractivity contribution in [2.75, 3.05) is 0 Å². The molecule has 0 saturated carbocycles. The van der Waals surface area contributed by atoms with Gasteiger partial charge in [0.05, 0.1) is 16.6 Å². The van der Waals surface area contributed by atoms with Gasteiger partial charge in [0.1, 0.15) is 0 Å². The molecular formula is C47H34N4. The molecule has 0 atom stereocenters. The van der Waals surface area contributed by atoms with Crippen molar-refractivity contribution in [3.63, 3.8) is 0 Å². The van der Waals surface area contributed by atoms with Gasteiger partial charge in [0.15, 0.2) is 0 Å². The Morgan fingerprint density at radius 2 is 1.18 bits per heavy atom. The summed E-state index contributed by atoms with van der Waals surface area (Å²) in [4.78, 5) is 9.51. The second-order valence-corrected chi connectivity index (χ2v) is 12.7. The number of nitrogens with two attached hydrogens (primary N) is 1. The quantitative estimate of drug-likeness (QED) is 0.137. The molecule has 3 heterocycles. The number of hydrogen-bond donors (Lipinski definition) is 1. The molecule has 0 spiro atoms. The van der Waals surface area contributed by atoms with Crippen molar-refractivity contribution in [3.8, 4) is 27.9 Å². The lowest BCUT2D eigenvalue weighted by Crippen LogP contribution is -1.95. The fourth-order valence-corrected chi connectivity index (χ4v) is 7.46. The molecule has 0 aliphatic heterocycles.